The molecule has 4 heterocycles. The minimum atomic E-state index is -3.99. The summed E-state index contributed by atoms with van der Waals surface area (Å²) >= 11 is 12.1. The summed E-state index contributed by atoms with van der Waals surface area (Å²) in [7, 11) is -3.99. The Morgan fingerprint density at radius 2 is 1.70 bits per heavy atom. The van der Waals surface area contributed by atoms with Crippen LogP contribution in [0.3, 0.4) is 0 Å². The van der Waals surface area contributed by atoms with Crippen molar-refractivity contribution >= 4 is 61.8 Å². The molecular formula is C30H33Cl2N5O5S. The molecule has 3 aromatic rings. The second kappa shape index (κ2) is 10.8. The van der Waals surface area contributed by atoms with Crippen LogP contribution in [-0.2, 0) is 19.6 Å². The Morgan fingerprint density at radius 1 is 1.00 bits per heavy atom. The van der Waals surface area contributed by atoms with Crippen molar-refractivity contribution < 1.29 is 22.8 Å². The maximum atomic E-state index is 13.9. The lowest BCUT2D eigenvalue weighted by Crippen LogP contribution is -2.63. The van der Waals surface area contributed by atoms with E-state index in [1.165, 1.54) is 22.5 Å². The minimum Gasteiger partial charge on any atom is -0.351 e. The van der Waals surface area contributed by atoms with Crippen LogP contribution in [0.4, 0.5) is 0 Å². The van der Waals surface area contributed by atoms with Gasteiger partial charge in [-0.15, -0.1) is 0 Å². The average Bonchev–Trinajstić information content (AvgIpc) is 3.63. The lowest BCUT2D eigenvalue weighted by atomic mass is 9.85. The molecule has 3 aliphatic rings. The van der Waals surface area contributed by atoms with E-state index in [1.807, 2.05) is 45.0 Å². The van der Waals surface area contributed by atoms with E-state index in [0.29, 0.717) is 36.6 Å². The number of aromatic amines is 1. The van der Waals surface area contributed by atoms with Gasteiger partial charge in [0.1, 0.15) is 22.7 Å². The highest BCUT2D eigenvalue weighted by molar-refractivity contribution is 7.89. The van der Waals surface area contributed by atoms with Crippen molar-refractivity contribution in [2.24, 2.45) is 5.41 Å². The topological polar surface area (TPSA) is 123 Å². The van der Waals surface area contributed by atoms with Gasteiger partial charge in [0.25, 0.3) is 5.91 Å². The average molecular weight is 647 g/mol. The monoisotopic (exact) mass is 645 g/mol. The number of nitrogens with zero attached hydrogens (tertiary/aromatic N) is 3. The Labute approximate surface area is 260 Å². The molecule has 13 heteroatoms. The van der Waals surface area contributed by atoms with Gasteiger partial charge < -0.3 is 20.1 Å². The fraction of sp³-hybridized carbons (Fsp3) is 0.433. The smallest absolute Gasteiger partial charge is 0.268 e. The van der Waals surface area contributed by atoms with Crippen molar-refractivity contribution in [3.05, 3.63) is 64.3 Å². The highest BCUT2D eigenvalue weighted by Crippen LogP contribution is 2.37. The maximum Gasteiger partial charge on any atom is 0.268 e. The van der Waals surface area contributed by atoms with Crippen LogP contribution >= 0.6 is 23.2 Å². The van der Waals surface area contributed by atoms with Gasteiger partial charge in [0.05, 0.1) is 17.1 Å². The molecule has 1 aromatic heterocycles. The van der Waals surface area contributed by atoms with E-state index >= 15 is 0 Å². The predicted octanol–water partition coefficient (Wildman–Crippen LogP) is 3.89. The number of carbonyl (C=O) groups excluding carboxylic acids is 3. The Hall–Kier alpha value is -3.12. The number of nitrogens with one attached hydrogen (secondary N) is 2. The van der Waals surface area contributed by atoms with Crippen LogP contribution in [0.15, 0.2) is 53.4 Å². The van der Waals surface area contributed by atoms with E-state index in [0.717, 1.165) is 10.9 Å². The Kier molecular flexibility index (Phi) is 7.52. The number of halogens is 2. The summed E-state index contributed by atoms with van der Waals surface area (Å²) in [5.74, 6) is -0.821. The predicted molar refractivity (Wildman–Crippen MR) is 163 cm³/mol. The quantitative estimate of drug-likeness (QED) is 0.421. The van der Waals surface area contributed by atoms with Crippen molar-refractivity contribution in [1.82, 2.24) is 24.4 Å². The third-order valence-corrected chi connectivity index (χ3v) is 11.3. The number of aromatic nitrogens is 1. The molecule has 0 aliphatic carbocycles. The molecule has 228 valence electrons. The van der Waals surface area contributed by atoms with Gasteiger partial charge in [-0.05, 0) is 48.6 Å². The second-order valence-electron chi connectivity index (χ2n) is 12.6. The normalized spacial score (nSPS) is 23.0. The van der Waals surface area contributed by atoms with E-state index in [2.05, 4.69) is 10.3 Å². The summed E-state index contributed by atoms with van der Waals surface area (Å²) in [6.45, 7) is 6.58. The zero-order valence-electron chi connectivity index (χ0n) is 24.0. The first-order chi connectivity index (χ1) is 20.3. The number of benzene rings is 2. The first-order valence-electron chi connectivity index (χ1n) is 14.2. The van der Waals surface area contributed by atoms with Crippen molar-refractivity contribution in [1.29, 1.82) is 0 Å². The van der Waals surface area contributed by atoms with Crippen molar-refractivity contribution in [3.8, 4) is 0 Å². The Bertz CT molecular complexity index is 1700. The van der Waals surface area contributed by atoms with E-state index in [1.54, 1.807) is 15.9 Å². The van der Waals surface area contributed by atoms with Crippen molar-refractivity contribution in [3.63, 3.8) is 0 Å². The molecule has 2 bridgehead atoms. The molecule has 6 rings (SSSR count). The molecule has 3 aliphatic heterocycles. The molecule has 0 saturated carbocycles. The molecule has 3 amide bonds. The van der Waals surface area contributed by atoms with E-state index in [-0.39, 0.29) is 46.3 Å². The van der Waals surface area contributed by atoms with Crippen molar-refractivity contribution in [2.45, 2.75) is 62.7 Å². The highest BCUT2D eigenvalue weighted by atomic mass is 35.5. The largest absolute Gasteiger partial charge is 0.351 e. The first-order valence-corrected chi connectivity index (χ1v) is 16.4. The zero-order valence-corrected chi connectivity index (χ0v) is 26.3. The van der Waals surface area contributed by atoms with Crippen LogP contribution < -0.4 is 5.32 Å². The number of rotatable bonds is 6. The van der Waals surface area contributed by atoms with Gasteiger partial charge in [-0.25, -0.2) is 8.42 Å². The summed E-state index contributed by atoms with van der Waals surface area (Å²) in [6.07, 6.45) is 1.01. The summed E-state index contributed by atoms with van der Waals surface area (Å²) < 4.78 is 27.8. The van der Waals surface area contributed by atoms with E-state index in [9.17, 15) is 22.8 Å². The van der Waals surface area contributed by atoms with E-state index < -0.39 is 27.5 Å². The van der Waals surface area contributed by atoms with Gasteiger partial charge in [0.15, 0.2) is 0 Å². The molecule has 3 fully saturated rings. The molecule has 43 heavy (non-hydrogen) atoms. The molecule has 2 aromatic carbocycles. The van der Waals surface area contributed by atoms with Crippen LogP contribution in [0.5, 0.6) is 0 Å². The number of piperazine rings is 1. The summed E-state index contributed by atoms with van der Waals surface area (Å²) in [5, 5.41) is 4.18. The third kappa shape index (κ3) is 5.30. The lowest BCUT2D eigenvalue weighted by Gasteiger charge is -2.44. The standard InChI is InChI=1S/C30H33Cl2N5O5S/c1-30(2,3)26(34-27(38)23-12-17-6-4-5-7-22(17)33-23)29(40)36-16-19-14-20(36)15-35(19)28(39)24-10-11-37(24)43(41,42)25-9-8-18(31)13-21(25)32/h4-9,12-13,19-20,24,26,33H,10-11,14-16H2,1-3H3,(H,34,38)/t19-,20-,24-,26+/m0/s1. The van der Waals surface area contributed by atoms with Crippen LogP contribution in [-0.4, -0.2) is 89.0 Å². The molecule has 4 atom stereocenters. The van der Waals surface area contributed by atoms with Gasteiger partial charge in [0, 0.05) is 35.6 Å². The van der Waals surface area contributed by atoms with Crippen LogP contribution in [0.1, 0.15) is 44.1 Å². The number of H-pyrrole nitrogens is 1. The minimum absolute atomic E-state index is 0.00465. The Balaban J connectivity index is 1.13. The zero-order chi connectivity index (χ0) is 30.8. The third-order valence-electron chi connectivity index (χ3n) is 8.71. The lowest BCUT2D eigenvalue weighted by molar-refractivity contribution is -0.146. The number of likely N-dealkylation sites (tertiary alicyclic amines) is 2. The van der Waals surface area contributed by atoms with Gasteiger partial charge >= 0.3 is 0 Å². The fourth-order valence-electron chi connectivity index (χ4n) is 6.33. The van der Waals surface area contributed by atoms with Gasteiger partial charge in [-0.2, -0.15) is 4.31 Å². The van der Waals surface area contributed by atoms with Crippen LogP contribution in [0.2, 0.25) is 10.0 Å². The van der Waals surface area contributed by atoms with Crippen LogP contribution in [0, 0.1) is 5.41 Å². The Morgan fingerprint density at radius 3 is 2.30 bits per heavy atom. The summed E-state index contributed by atoms with van der Waals surface area (Å²) in [4.78, 5) is 47.2. The first kappa shape index (κ1) is 29.9. The van der Waals surface area contributed by atoms with Gasteiger partial charge in [-0.1, -0.05) is 62.2 Å². The molecule has 3 saturated heterocycles. The number of amides is 3. The molecule has 0 radical (unpaired) electrons. The molecular weight excluding hydrogens is 613 g/mol. The fourth-order valence-corrected chi connectivity index (χ4v) is 8.70. The number of hydrogen-bond donors (Lipinski definition) is 2. The molecule has 0 spiro atoms. The second-order valence-corrected chi connectivity index (χ2v) is 15.3. The SMILES string of the molecule is CC(C)(C)[C@H](NC(=O)c1cc2ccccc2[nH]1)C(=O)N1C[C@@H]2C[C@H]1CN2C(=O)[C@@H]1CCN1S(=O)(=O)c1ccc(Cl)cc1Cl. The van der Waals surface area contributed by atoms with Gasteiger partial charge in [-0.3, -0.25) is 14.4 Å². The van der Waals surface area contributed by atoms with E-state index in [4.69, 9.17) is 23.2 Å². The number of para-hydroxylation sites is 1. The molecule has 10 nitrogen and oxygen atoms in total. The summed E-state index contributed by atoms with van der Waals surface area (Å²) in [5.41, 5.74) is 0.643. The maximum absolute atomic E-state index is 13.9. The molecule has 2 N–H and O–H groups in total. The van der Waals surface area contributed by atoms with Crippen LogP contribution in [0.25, 0.3) is 10.9 Å². The summed E-state index contributed by atoms with van der Waals surface area (Å²) in [6, 6.07) is 11.5. The number of carbonyl (C=O) groups is 3. The number of fused-ring (bicyclic) bond motifs is 3. The van der Waals surface area contributed by atoms with Crippen molar-refractivity contribution in [2.75, 3.05) is 19.6 Å². The highest BCUT2D eigenvalue weighted by Gasteiger charge is 2.53. The number of hydrogen-bond acceptors (Lipinski definition) is 5. The number of sulfonamides is 1. The van der Waals surface area contributed by atoms with Gasteiger partial charge in [0.2, 0.25) is 21.8 Å². The molecule has 0 unspecified atom stereocenters.